The molecular formula is C13H20N2S. The lowest BCUT2D eigenvalue weighted by atomic mass is 10.1. The molecule has 16 heavy (non-hydrogen) atoms. The summed E-state index contributed by atoms with van der Waals surface area (Å²) in [6.07, 6.45) is 3.06. The van der Waals surface area contributed by atoms with Crippen LogP contribution in [0.1, 0.15) is 24.8 Å². The van der Waals surface area contributed by atoms with Gasteiger partial charge in [-0.3, -0.25) is 0 Å². The zero-order valence-corrected chi connectivity index (χ0v) is 10.9. The first-order chi connectivity index (χ1) is 7.61. The van der Waals surface area contributed by atoms with Gasteiger partial charge in [-0.1, -0.05) is 30.4 Å². The lowest BCUT2D eigenvalue weighted by Crippen LogP contribution is -2.19. The van der Waals surface area contributed by atoms with E-state index in [2.05, 4.69) is 43.1 Å². The standard InChI is InChI=1S/C13H20N2S/c1-11-7-3-4-8-12(11)15(2)10-6-5-9-13(14)16/h3-4,7-8H,5-6,9-10H2,1-2H3,(H2,14,16). The third kappa shape index (κ3) is 4.19. The Morgan fingerprint density at radius 3 is 2.62 bits per heavy atom. The first kappa shape index (κ1) is 13.0. The molecule has 0 saturated carbocycles. The average molecular weight is 236 g/mol. The lowest BCUT2D eigenvalue weighted by molar-refractivity contribution is 0.741. The summed E-state index contributed by atoms with van der Waals surface area (Å²) in [4.78, 5) is 2.91. The summed E-state index contributed by atoms with van der Waals surface area (Å²) in [6.45, 7) is 3.19. The molecule has 0 aromatic heterocycles. The number of nitrogens with zero attached hydrogens (tertiary/aromatic N) is 1. The van der Waals surface area contributed by atoms with E-state index in [-0.39, 0.29) is 0 Å². The monoisotopic (exact) mass is 236 g/mol. The Labute approximate surface area is 103 Å². The summed E-state index contributed by atoms with van der Waals surface area (Å²) in [5.41, 5.74) is 8.08. The Morgan fingerprint density at radius 2 is 2.00 bits per heavy atom. The van der Waals surface area contributed by atoms with Gasteiger partial charge in [-0.25, -0.2) is 0 Å². The molecule has 2 N–H and O–H groups in total. The van der Waals surface area contributed by atoms with E-state index in [0.29, 0.717) is 4.99 Å². The molecule has 0 fully saturated rings. The number of hydrogen-bond acceptors (Lipinski definition) is 2. The Hall–Kier alpha value is -1.09. The van der Waals surface area contributed by atoms with Crippen LogP contribution in [0.5, 0.6) is 0 Å². The molecule has 0 aliphatic heterocycles. The van der Waals surface area contributed by atoms with Gasteiger partial charge in [-0.15, -0.1) is 0 Å². The minimum atomic E-state index is 0.624. The van der Waals surface area contributed by atoms with E-state index in [9.17, 15) is 0 Å². The summed E-state index contributed by atoms with van der Waals surface area (Å²) in [5, 5.41) is 0. The number of benzene rings is 1. The highest BCUT2D eigenvalue weighted by Gasteiger charge is 2.02. The first-order valence-corrected chi connectivity index (χ1v) is 6.07. The quantitative estimate of drug-likeness (QED) is 0.608. The molecule has 0 aliphatic rings. The van der Waals surface area contributed by atoms with E-state index in [4.69, 9.17) is 18.0 Å². The van der Waals surface area contributed by atoms with Gasteiger partial charge >= 0.3 is 0 Å². The number of nitrogens with two attached hydrogens (primary N) is 1. The van der Waals surface area contributed by atoms with Crippen LogP contribution in [0.15, 0.2) is 24.3 Å². The van der Waals surface area contributed by atoms with E-state index < -0.39 is 0 Å². The van der Waals surface area contributed by atoms with Crippen molar-refractivity contribution in [2.75, 3.05) is 18.5 Å². The molecule has 0 unspecified atom stereocenters. The topological polar surface area (TPSA) is 29.3 Å². The Kier molecular flexibility index (Phi) is 5.26. The van der Waals surface area contributed by atoms with E-state index in [1.165, 1.54) is 11.3 Å². The Morgan fingerprint density at radius 1 is 1.31 bits per heavy atom. The van der Waals surface area contributed by atoms with Crippen molar-refractivity contribution < 1.29 is 0 Å². The average Bonchev–Trinajstić information content (AvgIpc) is 2.24. The Balaban J connectivity index is 2.38. The van der Waals surface area contributed by atoms with Crippen LogP contribution in [0.4, 0.5) is 5.69 Å². The van der Waals surface area contributed by atoms with Crippen molar-refractivity contribution in [3.63, 3.8) is 0 Å². The van der Waals surface area contributed by atoms with Crippen LogP contribution in [-0.4, -0.2) is 18.6 Å². The maximum atomic E-state index is 5.46. The minimum Gasteiger partial charge on any atom is -0.393 e. The number of rotatable bonds is 6. The second-order valence-electron chi connectivity index (χ2n) is 4.13. The zero-order valence-electron chi connectivity index (χ0n) is 10.1. The number of unbranched alkanes of at least 4 members (excludes halogenated alkanes) is 1. The predicted molar refractivity (Wildman–Crippen MR) is 75.1 cm³/mol. The van der Waals surface area contributed by atoms with Gasteiger partial charge in [0.25, 0.3) is 0 Å². The first-order valence-electron chi connectivity index (χ1n) is 5.66. The number of para-hydroxylation sites is 1. The van der Waals surface area contributed by atoms with Gasteiger partial charge in [0.2, 0.25) is 0 Å². The molecule has 0 heterocycles. The molecule has 2 nitrogen and oxygen atoms in total. The normalized spacial score (nSPS) is 10.1. The van der Waals surface area contributed by atoms with Crippen LogP contribution in [0, 0.1) is 6.92 Å². The maximum Gasteiger partial charge on any atom is 0.0727 e. The largest absolute Gasteiger partial charge is 0.393 e. The molecular weight excluding hydrogens is 216 g/mol. The molecule has 0 radical (unpaired) electrons. The highest BCUT2D eigenvalue weighted by molar-refractivity contribution is 7.80. The summed E-state index contributed by atoms with van der Waals surface area (Å²) in [5.74, 6) is 0. The van der Waals surface area contributed by atoms with Crippen LogP contribution in [-0.2, 0) is 0 Å². The third-order valence-electron chi connectivity index (χ3n) is 2.69. The van der Waals surface area contributed by atoms with E-state index in [1.54, 1.807) is 0 Å². The fourth-order valence-corrected chi connectivity index (χ4v) is 1.90. The van der Waals surface area contributed by atoms with Gasteiger partial charge < -0.3 is 10.6 Å². The zero-order chi connectivity index (χ0) is 12.0. The van der Waals surface area contributed by atoms with Crippen LogP contribution in [0.25, 0.3) is 0 Å². The van der Waals surface area contributed by atoms with Gasteiger partial charge in [0, 0.05) is 19.3 Å². The van der Waals surface area contributed by atoms with Crippen molar-refractivity contribution in [2.45, 2.75) is 26.2 Å². The van der Waals surface area contributed by atoms with Gasteiger partial charge in [-0.05, 0) is 37.8 Å². The molecule has 0 saturated heterocycles. The number of anilines is 1. The SMILES string of the molecule is Cc1ccccc1N(C)CCCCC(N)=S. The van der Waals surface area contributed by atoms with Gasteiger partial charge in [-0.2, -0.15) is 0 Å². The smallest absolute Gasteiger partial charge is 0.0727 e. The summed E-state index contributed by atoms with van der Waals surface area (Å²) < 4.78 is 0. The van der Waals surface area contributed by atoms with Gasteiger partial charge in [0.15, 0.2) is 0 Å². The molecule has 0 spiro atoms. The minimum absolute atomic E-state index is 0.624. The van der Waals surface area contributed by atoms with Crippen molar-refractivity contribution >= 4 is 22.9 Å². The van der Waals surface area contributed by atoms with Gasteiger partial charge in [0.05, 0.1) is 4.99 Å². The molecule has 88 valence electrons. The third-order valence-corrected chi connectivity index (χ3v) is 2.90. The highest BCUT2D eigenvalue weighted by Crippen LogP contribution is 2.18. The van der Waals surface area contributed by atoms with Crippen molar-refractivity contribution in [1.82, 2.24) is 0 Å². The molecule has 1 rings (SSSR count). The van der Waals surface area contributed by atoms with E-state index >= 15 is 0 Å². The molecule has 0 amide bonds. The van der Waals surface area contributed by atoms with Crippen LogP contribution in [0.3, 0.4) is 0 Å². The fourth-order valence-electron chi connectivity index (χ4n) is 1.76. The molecule has 0 atom stereocenters. The number of aryl methyl sites for hydroxylation is 1. The second-order valence-corrected chi connectivity index (χ2v) is 4.66. The van der Waals surface area contributed by atoms with Crippen LogP contribution < -0.4 is 10.6 Å². The summed E-state index contributed by atoms with van der Waals surface area (Å²) in [7, 11) is 2.13. The number of thiocarbonyl (C=S) groups is 1. The van der Waals surface area contributed by atoms with Crippen molar-refractivity contribution in [1.29, 1.82) is 0 Å². The highest BCUT2D eigenvalue weighted by atomic mass is 32.1. The van der Waals surface area contributed by atoms with E-state index in [0.717, 1.165) is 25.8 Å². The molecule has 1 aromatic carbocycles. The van der Waals surface area contributed by atoms with Crippen LogP contribution >= 0.6 is 12.2 Å². The van der Waals surface area contributed by atoms with Crippen LogP contribution in [0.2, 0.25) is 0 Å². The van der Waals surface area contributed by atoms with Crippen molar-refractivity contribution in [3.8, 4) is 0 Å². The molecule has 0 bridgehead atoms. The lowest BCUT2D eigenvalue weighted by Gasteiger charge is -2.21. The van der Waals surface area contributed by atoms with Gasteiger partial charge in [0.1, 0.15) is 0 Å². The summed E-state index contributed by atoms with van der Waals surface area (Å²) in [6, 6.07) is 8.44. The number of hydrogen-bond donors (Lipinski definition) is 1. The summed E-state index contributed by atoms with van der Waals surface area (Å²) >= 11 is 4.85. The fraction of sp³-hybridized carbons (Fsp3) is 0.462. The van der Waals surface area contributed by atoms with Crippen molar-refractivity contribution in [2.24, 2.45) is 5.73 Å². The van der Waals surface area contributed by atoms with E-state index in [1.807, 2.05) is 0 Å². The molecule has 3 heteroatoms. The second kappa shape index (κ2) is 6.48. The maximum absolute atomic E-state index is 5.46. The molecule has 1 aromatic rings. The predicted octanol–water partition coefficient (Wildman–Crippen LogP) is 2.89. The Bertz CT molecular complexity index is 350. The molecule has 0 aliphatic carbocycles. The van der Waals surface area contributed by atoms with Crippen molar-refractivity contribution in [3.05, 3.63) is 29.8 Å².